The summed E-state index contributed by atoms with van der Waals surface area (Å²) in [4.78, 5) is 29.7. The number of carbonyl (C=O) groups excluding carboxylic acids is 1. The minimum Gasteiger partial charge on any atom is -0.486 e. The van der Waals surface area contributed by atoms with Crippen molar-refractivity contribution >= 4 is 22.8 Å². The second kappa shape index (κ2) is 11.1. The van der Waals surface area contributed by atoms with Crippen molar-refractivity contribution in [2.75, 3.05) is 7.11 Å². The normalized spacial score (nSPS) is 10.8. The van der Waals surface area contributed by atoms with Gasteiger partial charge in [-0.3, -0.25) is 4.98 Å². The first-order valence-corrected chi connectivity index (χ1v) is 12.2. The van der Waals surface area contributed by atoms with Crippen LogP contribution in [0.25, 0.3) is 22.0 Å². The van der Waals surface area contributed by atoms with Crippen LogP contribution in [-0.2, 0) is 17.8 Å². The molecule has 5 rings (SSSR count). The van der Waals surface area contributed by atoms with Crippen LogP contribution in [0.5, 0.6) is 5.75 Å². The maximum absolute atomic E-state index is 13.4. The number of ether oxygens (including phenoxy) is 2. The lowest BCUT2D eigenvalue weighted by molar-refractivity contribution is 0.0595. The van der Waals surface area contributed by atoms with Gasteiger partial charge in [0.2, 0.25) is 0 Å². The molecule has 5 aromatic rings. The topological polar surface area (TPSA) is 85.7 Å². The molecule has 0 aliphatic carbocycles. The van der Waals surface area contributed by atoms with E-state index in [0.29, 0.717) is 28.5 Å². The number of benzene rings is 4. The van der Waals surface area contributed by atoms with Gasteiger partial charge in [0, 0.05) is 11.6 Å². The number of hydrogen-bond donors (Lipinski definition) is 1. The number of nitrogens with zero attached hydrogens (tertiary/aromatic N) is 1. The van der Waals surface area contributed by atoms with Crippen molar-refractivity contribution in [2.24, 2.45) is 0 Å². The van der Waals surface area contributed by atoms with Crippen molar-refractivity contribution in [2.45, 2.75) is 13.0 Å². The molecule has 1 heterocycles. The summed E-state index contributed by atoms with van der Waals surface area (Å²) in [6.07, 6.45) is 2.15. The summed E-state index contributed by atoms with van der Waals surface area (Å²) in [5, 5.41) is 10.5. The van der Waals surface area contributed by atoms with Gasteiger partial charge in [-0.2, -0.15) is 0 Å². The summed E-state index contributed by atoms with van der Waals surface area (Å²) in [6.45, 7) is 0.185. The Labute approximate surface area is 224 Å². The van der Waals surface area contributed by atoms with E-state index in [1.54, 1.807) is 42.6 Å². The number of aromatic carboxylic acids is 1. The third-order valence-electron chi connectivity index (χ3n) is 6.38. The molecule has 194 valence electrons. The lowest BCUT2D eigenvalue weighted by Crippen LogP contribution is -2.09. The average molecular weight is 522 g/mol. The Kier molecular flexibility index (Phi) is 7.32. The minimum absolute atomic E-state index is 0.0801. The molecule has 39 heavy (non-hydrogen) atoms. The molecule has 6 nitrogen and oxygen atoms in total. The van der Waals surface area contributed by atoms with Gasteiger partial charge in [-0.1, -0.05) is 60.7 Å². The fourth-order valence-electron chi connectivity index (χ4n) is 4.51. The van der Waals surface area contributed by atoms with E-state index in [1.165, 1.54) is 25.3 Å². The van der Waals surface area contributed by atoms with Gasteiger partial charge in [0.15, 0.2) is 5.75 Å². The van der Waals surface area contributed by atoms with Crippen LogP contribution in [0.2, 0.25) is 0 Å². The highest BCUT2D eigenvalue weighted by atomic mass is 19.1. The molecule has 0 aliphatic heterocycles. The molecule has 0 saturated heterocycles. The van der Waals surface area contributed by atoms with E-state index in [0.717, 1.165) is 16.7 Å². The Balaban J connectivity index is 1.73. The number of halogens is 1. The number of rotatable bonds is 8. The van der Waals surface area contributed by atoms with E-state index in [4.69, 9.17) is 14.5 Å². The number of aromatic nitrogens is 1. The molecule has 1 N–H and O–H groups in total. The van der Waals surface area contributed by atoms with E-state index >= 15 is 0 Å². The maximum Gasteiger partial charge on any atom is 0.341 e. The molecule has 0 unspecified atom stereocenters. The average Bonchev–Trinajstić information content (AvgIpc) is 2.97. The zero-order chi connectivity index (χ0) is 27.4. The summed E-state index contributed by atoms with van der Waals surface area (Å²) in [7, 11) is 1.28. The molecule has 0 saturated carbocycles. The standard InChI is InChI=1S/C32H24FNO5/c1-38-32(37)28-17-26(24-9-5-6-10-25(24)31(35)36)27-16-22(15-20-11-13-23(33)14-12-20)18-34-29(27)30(28)39-19-21-7-3-2-4-8-21/h2-14,16-18H,15,19H2,1H3,(H,35,36). The molecule has 0 atom stereocenters. The van der Waals surface area contributed by atoms with Crippen LogP contribution in [-0.4, -0.2) is 29.1 Å². The molecule has 0 fully saturated rings. The van der Waals surface area contributed by atoms with Crippen LogP contribution in [0.15, 0.2) is 97.2 Å². The third-order valence-corrected chi connectivity index (χ3v) is 6.38. The van der Waals surface area contributed by atoms with Crippen molar-refractivity contribution in [1.82, 2.24) is 4.98 Å². The van der Waals surface area contributed by atoms with Crippen molar-refractivity contribution in [1.29, 1.82) is 0 Å². The zero-order valence-electron chi connectivity index (χ0n) is 21.1. The summed E-state index contributed by atoms with van der Waals surface area (Å²) < 4.78 is 24.7. The molecule has 0 spiro atoms. The fraction of sp³-hybridized carbons (Fsp3) is 0.0938. The van der Waals surface area contributed by atoms with Gasteiger partial charge in [0.05, 0.1) is 12.7 Å². The Morgan fingerprint density at radius 3 is 2.26 bits per heavy atom. The number of hydrogen-bond acceptors (Lipinski definition) is 5. The van der Waals surface area contributed by atoms with Crippen molar-refractivity contribution in [3.8, 4) is 16.9 Å². The lowest BCUT2D eigenvalue weighted by atomic mass is 9.92. The number of carboxylic acid groups (broad SMARTS) is 1. The van der Waals surface area contributed by atoms with Gasteiger partial charge in [-0.05, 0) is 64.6 Å². The number of pyridine rings is 1. The SMILES string of the molecule is COC(=O)c1cc(-c2ccccc2C(=O)O)c2cc(Cc3ccc(F)cc3)cnc2c1OCc1ccccc1. The maximum atomic E-state index is 13.4. The number of carboxylic acids is 1. The first kappa shape index (κ1) is 25.6. The number of fused-ring (bicyclic) bond motifs is 1. The highest BCUT2D eigenvalue weighted by Gasteiger charge is 2.24. The van der Waals surface area contributed by atoms with E-state index in [-0.39, 0.29) is 29.3 Å². The second-order valence-electron chi connectivity index (χ2n) is 8.96. The molecule has 4 aromatic carbocycles. The monoisotopic (exact) mass is 521 g/mol. The third kappa shape index (κ3) is 5.48. The van der Waals surface area contributed by atoms with Crippen molar-refractivity contribution in [3.63, 3.8) is 0 Å². The van der Waals surface area contributed by atoms with Crippen LogP contribution in [0.1, 0.15) is 37.4 Å². The Morgan fingerprint density at radius 2 is 1.54 bits per heavy atom. The van der Waals surface area contributed by atoms with Gasteiger partial charge in [-0.15, -0.1) is 0 Å². The highest BCUT2D eigenvalue weighted by molar-refractivity contribution is 6.09. The van der Waals surface area contributed by atoms with E-state index in [1.807, 2.05) is 36.4 Å². The largest absolute Gasteiger partial charge is 0.486 e. The van der Waals surface area contributed by atoms with Crippen LogP contribution < -0.4 is 4.74 Å². The predicted molar refractivity (Wildman–Crippen MR) is 145 cm³/mol. The Morgan fingerprint density at radius 1 is 0.821 bits per heavy atom. The van der Waals surface area contributed by atoms with Crippen LogP contribution in [0, 0.1) is 5.82 Å². The molecule has 0 bridgehead atoms. The first-order valence-electron chi connectivity index (χ1n) is 12.2. The Hall–Kier alpha value is -5.04. The number of methoxy groups -OCH3 is 1. The minimum atomic E-state index is -1.10. The highest BCUT2D eigenvalue weighted by Crippen LogP contribution is 2.39. The number of carbonyl (C=O) groups is 2. The van der Waals surface area contributed by atoms with Crippen molar-refractivity contribution < 1.29 is 28.6 Å². The summed E-state index contributed by atoms with van der Waals surface area (Å²) in [5.74, 6) is -1.81. The van der Waals surface area contributed by atoms with E-state index < -0.39 is 11.9 Å². The summed E-state index contributed by atoms with van der Waals surface area (Å²) >= 11 is 0. The van der Waals surface area contributed by atoms with Gasteiger partial charge in [0.1, 0.15) is 23.5 Å². The van der Waals surface area contributed by atoms with E-state index in [2.05, 4.69) is 0 Å². The zero-order valence-corrected chi connectivity index (χ0v) is 21.1. The van der Waals surface area contributed by atoms with E-state index in [9.17, 15) is 19.1 Å². The summed E-state index contributed by atoms with van der Waals surface area (Å²) in [6, 6.07) is 25.8. The molecular weight excluding hydrogens is 497 g/mol. The first-order chi connectivity index (χ1) is 18.9. The fourth-order valence-corrected chi connectivity index (χ4v) is 4.51. The van der Waals surface area contributed by atoms with Gasteiger partial charge >= 0.3 is 11.9 Å². The van der Waals surface area contributed by atoms with Gasteiger partial charge in [0.25, 0.3) is 0 Å². The quantitative estimate of drug-likeness (QED) is 0.229. The van der Waals surface area contributed by atoms with Gasteiger partial charge < -0.3 is 14.6 Å². The molecular formula is C32H24FNO5. The number of esters is 1. The Bertz CT molecular complexity index is 1670. The smallest absolute Gasteiger partial charge is 0.341 e. The lowest BCUT2D eigenvalue weighted by Gasteiger charge is -2.18. The second-order valence-corrected chi connectivity index (χ2v) is 8.96. The summed E-state index contributed by atoms with van der Waals surface area (Å²) in [5.41, 5.74) is 4.15. The molecule has 0 radical (unpaired) electrons. The molecule has 7 heteroatoms. The molecule has 0 aliphatic rings. The van der Waals surface area contributed by atoms with Crippen molar-refractivity contribution in [3.05, 3.63) is 131 Å². The van der Waals surface area contributed by atoms with Crippen LogP contribution in [0.3, 0.4) is 0 Å². The molecule has 0 amide bonds. The predicted octanol–water partition coefficient (Wildman–Crippen LogP) is 6.70. The van der Waals surface area contributed by atoms with Gasteiger partial charge in [-0.25, -0.2) is 14.0 Å². The van der Waals surface area contributed by atoms with Crippen LogP contribution >= 0.6 is 0 Å². The van der Waals surface area contributed by atoms with Crippen LogP contribution in [0.4, 0.5) is 4.39 Å². The molecule has 1 aromatic heterocycles.